The molecule has 122 valence electrons. The number of benzene rings is 1. The molecule has 2 N–H and O–H groups in total. The van der Waals surface area contributed by atoms with Crippen LogP contribution in [0.3, 0.4) is 0 Å². The minimum Gasteiger partial charge on any atom is -0.315 e. The van der Waals surface area contributed by atoms with E-state index in [0.29, 0.717) is 0 Å². The molecule has 0 saturated carbocycles. The van der Waals surface area contributed by atoms with Crippen molar-refractivity contribution in [1.29, 1.82) is 0 Å². The van der Waals surface area contributed by atoms with Gasteiger partial charge < -0.3 is 10.6 Å². The SMILES string of the molecule is O=C(Nc1ccn(-c2ccccc2)n1)C1(C(F)(F)F)CCNC1. The third-order valence-corrected chi connectivity index (χ3v) is 3.98. The minimum absolute atomic E-state index is 0.0920. The first kappa shape index (κ1) is 15.5. The Morgan fingerprint density at radius 1 is 1.26 bits per heavy atom. The first-order valence-electron chi connectivity index (χ1n) is 7.12. The van der Waals surface area contributed by atoms with Crippen molar-refractivity contribution in [3.63, 3.8) is 0 Å². The summed E-state index contributed by atoms with van der Waals surface area (Å²) >= 11 is 0. The molecule has 1 unspecified atom stereocenters. The van der Waals surface area contributed by atoms with Gasteiger partial charge in [-0.25, -0.2) is 4.68 Å². The van der Waals surface area contributed by atoms with Crippen LogP contribution in [0.2, 0.25) is 0 Å². The molecule has 1 atom stereocenters. The maximum absolute atomic E-state index is 13.3. The van der Waals surface area contributed by atoms with Gasteiger partial charge in [-0.3, -0.25) is 4.79 Å². The minimum atomic E-state index is -4.61. The Morgan fingerprint density at radius 3 is 2.61 bits per heavy atom. The predicted octanol–water partition coefficient (Wildman–Crippen LogP) is 2.35. The van der Waals surface area contributed by atoms with E-state index < -0.39 is 24.0 Å². The summed E-state index contributed by atoms with van der Waals surface area (Å²) in [6.07, 6.45) is -3.30. The highest BCUT2D eigenvalue weighted by Gasteiger charge is 2.61. The van der Waals surface area contributed by atoms with Gasteiger partial charge in [0.1, 0.15) is 0 Å². The topological polar surface area (TPSA) is 59.0 Å². The standard InChI is InChI=1S/C15H15F3N4O/c16-15(17,18)14(7-8-19-10-14)13(23)20-12-6-9-22(21-12)11-4-2-1-3-5-11/h1-6,9,19H,7-8,10H2,(H,20,21,23). The van der Waals surface area contributed by atoms with Gasteiger partial charge in [-0.15, -0.1) is 0 Å². The fourth-order valence-corrected chi connectivity index (χ4v) is 2.61. The molecule has 1 aromatic heterocycles. The van der Waals surface area contributed by atoms with Gasteiger partial charge in [0.2, 0.25) is 5.91 Å². The average Bonchev–Trinajstić information content (AvgIpc) is 3.17. The lowest BCUT2D eigenvalue weighted by Crippen LogP contribution is -2.49. The third kappa shape index (κ3) is 2.81. The lowest BCUT2D eigenvalue weighted by atomic mass is 9.85. The van der Waals surface area contributed by atoms with Crippen LogP contribution in [-0.2, 0) is 4.79 Å². The summed E-state index contributed by atoms with van der Waals surface area (Å²) in [7, 11) is 0. The van der Waals surface area contributed by atoms with E-state index in [1.54, 1.807) is 18.3 Å². The third-order valence-electron chi connectivity index (χ3n) is 3.98. The maximum atomic E-state index is 13.3. The van der Waals surface area contributed by atoms with Gasteiger partial charge >= 0.3 is 6.18 Å². The van der Waals surface area contributed by atoms with Gasteiger partial charge in [-0.2, -0.15) is 18.3 Å². The van der Waals surface area contributed by atoms with Gasteiger partial charge in [-0.05, 0) is 25.1 Å². The molecule has 1 aliphatic rings. The Balaban J connectivity index is 1.79. The molecule has 2 aromatic rings. The summed E-state index contributed by atoms with van der Waals surface area (Å²) in [6, 6.07) is 10.6. The van der Waals surface area contributed by atoms with Crippen LogP contribution >= 0.6 is 0 Å². The Kier molecular flexibility index (Phi) is 3.85. The van der Waals surface area contributed by atoms with E-state index in [-0.39, 0.29) is 18.8 Å². The molecule has 5 nitrogen and oxygen atoms in total. The van der Waals surface area contributed by atoms with Crippen LogP contribution in [-0.4, -0.2) is 35.0 Å². The number of anilines is 1. The zero-order chi connectivity index (χ0) is 16.5. The highest BCUT2D eigenvalue weighted by Crippen LogP contribution is 2.43. The number of nitrogens with one attached hydrogen (secondary N) is 2. The lowest BCUT2D eigenvalue weighted by Gasteiger charge is -2.28. The largest absolute Gasteiger partial charge is 0.404 e. The van der Waals surface area contributed by atoms with Crippen LogP contribution in [0.5, 0.6) is 0 Å². The van der Waals surface area contributed by atoms with E-state index in [1.807, 2.05) is 18.2 Å². The lowest BCUT2D eigenvalue weighted by molar-refractivity contribution is -0.213. The number of halogens is 3. The number of amides is 1. The van der Waals surface area contributed by atoms with E-state index in [9.17, 15) is 18.0 Å². The van der Waals surface area contributed by atoms with Crippen LogP contribution in [0.15, 0.2) is 42.6 Å². The molecular formula is C15H15F3N4O. The van der Waals surface area contributed by atoms with Crippen LogP contribution in [0, 0.1) is 5.41 Å². The number of carbonyl (C=O) groups is 1. The average molecular weight is 324 g/mol. The van der Waals surface area contributed by atoms with Crippen molar-refractivity contribution in [3.8, 4) is 5.69 Å². The first-order valence-corrected chi connectivity index (χ1v) is 7.12. The smallest absolute Gasteiger partial charge is 0.315 e. The highest BCUT2D eigenvalue weighted by molar-refractivity contribution is 5.95. The summed E-state index contributed by atoms with van der Waals surface area (Å²) < 4.78 is 41.4. The van der Waals surface area contributed by atoms with E-state index in [4.69, 9.17) is 0 Å². The Bertz CT molecular complexity index is 690. The van der Waals surface area contributed by atoms with Crippen molar-refractivity contribution >= 4 is 11.7 Å². The van der Waals surface area contributed by atoms with Gasteiger partial charge in [0.25, 0.3) is 0 Å². The fraction of sp³-hybridized carbons (Fsp3) is 0.333. The monoisotopic (exact) mass is 324 g/mol. The second kappa shape index (κ2) is 5.69. The molecule has 0 bridgehead atoms. The molecule has 0 aliphatic carbocycles. The molecule has 1 fully saturated rings. The summed E-state index contributed by atoms with van der Waals surface area (Å²) in [6.45, 7) is -0.257. The Morgan fingerprint density at radius 2 is 2.00 bits per heavy atom. The van der Waals surface area contributed by atoms with Crippen molar-refractivity contribution in [2.24, 2.45) is 5.41 Å². The van der Waals surface area contributed by atoms with Gasteiger partial charge in [0.05, 0.1) is 5.69 Å². The molecule has 1 aromatic carbocycles. The van der Waals surface area contributed by atoms with Crippen molar-refractivity contribution in [2.45, 2.75) is 12.6 Å². The zero-order valence-corrected chi connectivity index (χ0v) is 12.1. The van der Waals surface area contributed by atoms with Gasteiger partial charge in [-0.1, -0.05) is 18.2 Å². The van der Waals surface area contributed by atoms with Crippen molar-refractivity contribution in [3.05, 3.63) is 42.6 Å². The number of hydrogen-bond acceptors (Lipinski definition) is 3. The van der Waals surface area contributed by atoms with Crippen LogP contribution in [0.25, 0.3) is 5.69 Å². The summed E-state index contributed by atoms with van der Waals surface area (Å²) in [4.78, 5) is 12.2. The predicted molar refractivity (Wildman–Crippen MR) is 78.2 cm³/mol. The number of hydrogen-bond donors (Lipinski definition) is 2. The molecular weight excluding hydrogens is 309 g/mol. The second-order valence-corrected chi connectivity index (χ2v) is 5.44. The molecule has 1 aliphatic heterocycles. The number of carbonyl (C=O) groups excluding carboxylic acids is 1. The van der Waals surface area contributed by atoms with Crippen molar-refractivity contribution < 1.29 is 18.0 Å². The second-order valence-electron chi connectivity index (χ2n) is 5.44. The summed E-state index contributed by atoms with van der Waals surface area (Å²) in [5.41, 5.74) is -1.65. The number of para-hydroxylation sites is 1. The van der Waals surface area contributed by atoms with Crippen molar-refractivity contribution in [1.82, 2.24) is 15.1 Å². The maximum Gasteiger partial charge on any atom is 0.404 e. The summed E-state index contributed by atoms with van der Waals surface area (Å²) in [5.74, 6) is -0.984. The van der Waals surface area contributed by atoms with Crippen LogP contribution in [0.1, 0.15) is 6.42 Å². The molecule has 0 radical (unpaired) electrons. The molecule has 0 spiro atoms. The van der Waals surface area contributed by atoms with E-state index in [2.05, 4.69) is 15.7 Å². The van der Waals surface area contributed by atoms with Gasteiger partial charge in [0, 0.05) is 18.8 Å². The Hall–Kier alpha value is -2.35. The van der Waals surface area contributed by atoms with E-state index in [1.165, 1.54) is 10.7 Å². The van der Waals surface area contributed by atoms with Crippen LogP contribution in [0.4, 0.5) is 19.0 Å². The molecule has 23 heavy (non-hydrogen) atoms. The molecule has 8 heteroatoms. The molecule has 2 heterocycles. The number of aromatic nitrogens is 2. The molecule has 1 saturated heterocycles. The zero-order valence-electron chi connectivity index (χ0n) is 12.1. The van der Waals surface area contributed by atoms with E-state index in [0.717, 1.165) is 5.69 Å². The summed E-state index contributed by atoms with van der Waals surface area (Å²) in [5, 5.41) is 9.00. The first-order chi connectivity index (χ1) is 10.9. The quantitative estimate of drug-likeness (QED) is 0.911. The molecule has 1 amide bonds. The van der Waals surface area contributed by atoms with E-state index >= 15 is 0 Å². The Labute approximate surface area is 130 Å². The normalized spacial score (nSPS) is 21.3. The van der Waals surface area contributed by atoms with Crippen molar-refractivity contribution in [2.75, 3.05) is 18.4 Å². The van der Waals surface area contributed by atoms with Crippen LogP contribution < -0.4 is 10.6 Å². The van der Waals surface area contributed by atoms with Gasteiger partial charge in [0.15, 0.2) is 11.2 Å². The fourth-order valence-electron chi connectivity index (χ4n) is 2.61. The number of alkyl halides is 3. The number of rotatable bonds is 3. The number of nitrogens with zero attached hydrogens (tertiary/aromatic N) is 2. The highest BCUT2D eigenvalue weighted by atomic mass is 19.4. The molecule has 3 rings (SSSR count).